The highest BCUT2D eigenvalue weighted by atomic mass is 32.1. The van der Waals surface area contributed by atoms with E-state index in [9.17, 15) is 9.59 Å². The summed E-state index contributed by atoms with van der Waals surface area (Å²) in [5.74, 6) is 1.04. The first kappa shape index (κ1) is 21.6. The largest absolute Gasteiger partial charge is 0.497 e. The van der Waals surface area contributed by atoms with Crippen LogP contribution in [0.3, 0.4) is 0 Å². The zero-order valence-electron chi connectivity index (χ0n) is 18.3. The van der Waals surface area contributed by atoms with Gasteiger partial charge in [-0.15, -0.1) is 0 Å². The third kappa shape index (κ3) is 4.33. The predicted molar refractivity (Wildman–Crippen MR) is 132 cm³/mol. The Morgan fingerprint density at radius 3 is 2.35 bits per heavy atom. The number of anilines is 1. The van der Waals surface area contributed by atoms with Gasteiger partial charge in [0.1, 0.15) is 11.5 Å². The van der Waals surface area contributed by atoms with Gasteiger partial charge in [-0.3, -0.25) is 14.5 Å². The van der Waals surface area contributed by atoms with Crippen LogP contribution in [-0.4, -0.2) is 23.8 Å². The van der Waals surface area contributed by atoms with Crippen molar-refractivity contribution < 1.29 is 18.7 Å². The fraction of sp³-hybridized carbons (Fsp3) is 0.0741. The molecule has 168 valence electrons. The van der Waals surface area contributed by atoms with Crippen LogP contribution in [0.15, 0.2) is 95.6 Å². The van der Waals surface area contributed by atoms with E-state index in [1.807, 2.05) is 42.5 Å². The number of nitrogens with zero attached hydrogens (tertiary/aromatic N) is 2. The summed E-state index contributed by atoms with van der Waals surface area (Å²) in [5.41, 5.74) is 2.35. The smallest absolute Gasteiger partial charge is 0.260 e. The molecule has 0 fully saturated rings. The molecule has 5 rings (SSSR count). The first-order valence-corrected chi connectivity index (χ1v) is 11.4. The normalized spacial score (nSPS) is 10.9. The highest BCUT2D eigenvalue weighted by molar-refractivity contribution is 7.22. The number of methoxy groups -OCH3 is 1. The van der Waals surface area contributed by atoms with Crippen LogP contribution >= 0.6 is 11.3 Å². The molecular formula is C27H20N2O4S. The van der Waals surface area contributed by atoms with Gasteiger partial charge in [0.2, 0.25) is 0 Å². The van der Waals surface area contributed by atoms with Crippen LogP contribution in [0.2, 0.25) is 0 Å². The maximum Gasteiger partial charge on any atom is 0.260 e. The Morgan fingerprint density at radius 2 is 1.65 bits per heavy atom. The minimum absolute atomic E-state index is 0.0906. The molecule has 5 aromatic rings. The van der Waals surface area contributed by atoms with Crippen molar-refractivity contribution in [2.45, 2.75) is 6.54 Å². The van der Waals surface area contributed by atoms with Gasteiger partial charge in [-0.1, -0.05) is 53.8 Å². The number of carbonyl (C=O) groups excluding carboxylic acids is 2. The van der Waals surface area contributed by atoms with Crippen molar-refractivity contribution in [3.8, 4) is 5.75 Å². The molecule has 34 heavy (non-hydrogen) atoms. The lowest BCUT2D eigenvalue weighted by molar-refractivity contribution is 0.0981. The van der Waals surface area contributed by atoms with Crippen LogP contribution in [0, 0.1) is 0 Å². The summed E-state index contributed by atoms with van der Waals surface area (Å²) >= 11 is 1.40. The fourth-order valence-electron chi connectivity index (χ4n) is 3.60. The Morgan fingerprint density at radius 1 is 0.912 bits per heavy atom. The van der Waals surface area contributed by atoms with Gasteiger partial charge in [0, 0.05) is 16.7 Å². The minimum Gasteiger partial charge on any atom is -0.497 e. The second-order valence-electron chi connectivity index (χ2n) is 7.57. The minimum atomic E-state index is -0.235. The van der Waals surface area contributed by atoms with Gasteiger partial charge in [-0.05, 0) is 42.5 Å². The van der Waals surface area contributed by atoms with E-state index in [0.29, 0.717) is 27.6 Å². The van der Waals surface area contributed by atoms with Crippen molar-refractivity contribution in [3.05, 3.63) is 114 Å². The highest BCUT2D eigenvalue weighted by Gasteiger charge is 2.23. The zero-order chi connectivity index (χ0) is 23.5. The third-order valence-corrected chi connectivity index (χ3v) is 6.43. The number of rotatable bonds is 7. The van der Waals surface area contributed by atoms with E-state index >= 15 is 0 Å². The maximum absolute atomic E-state index is 13.6. The fourth-order valence-corrected chi connectivity index (χ4v) is 4.59. The molecule has 2 aromatic heterocycles. The van der Waals surface area contributed by atoms with Crippen LogP contribution in [0.4, 0.5) is 5.13 Å². The van der Waals surface area contributed by atoms with Crippen molar-refractivity contribution in [2.24, 2.45) is 0 Å². The number of carbonyl (C=O) groups is 2. The van der Waals surface area contributed by atoms with Gasteiger partial charge in [-0.25, -0.2) is 4.98 Å². The SMILES string of the molecule is COc1ccc2nc(N(Cc3ccco3)C(=O)c3ccc(C(=O)c4ccccc4)cc3)sc2c1. The first-order chi connectivity index (χ1) is 16.6. The summed E-state index contributed by atoms with van der Waals surface area (Å²) < 4.78 is 11.7. The lowest BCUT2D eigenvalue weighted by Crippen LogP contribution is -2.30. The second-order valence-corrected chi connectivity index (χ2v) is 8.58. The zero-order valence-corrected chi connectivity index (χ0v) is 19.1. The van der Waals surface area contributed by atoms with E-state index in [1.54, 1.807) is 60.7 Å². The van der Waals surface area contributed by atoms with Crippen LogP contribution < -0.4 is 9.64 Å². The van der Waals surface area contributed by atoms with Crippen molar-refractivity contribution in [1.82, 2.24) is 4.98 Å². The van der Waals surface area contributed by atoms with Crippen LogP contribution in [-0.2, 0) is 6.54 Å². The molecule has 0 N–H and O–H groups in total. The molecule has 6 nitrogen and oxygen atoms in total. The third-order valence-electron chi connectivity index (χ3n) is 5.38. The summed E-state index contributed by atoms with van der Waals surface area (Å²) in [6.07, 6.45) is 1.57. The van der Waals surface area contributed by atoms with Gasteiger partial charge in [-0.2, -0.15) is 0 Å². The summed E-state index contributed by atoms with van der Waals surface area (Å²) in [6, 6.07) is 25.0. The molecule has 7 heteroatoms. The first-order valence-electron chi connectivity index (χ1n) is 10.6. The van der Waals surface area contributed by atoms with Crippen LogP contribution in [0.1, 0.15) is 32.0 Å². The van der Waals surface area contributed by atoms with E-state index in [1.165, 1.54) is 11.3 Å². The van der Waals surface area contributed by atoms with Gasteiger partial charge in [0.15, 0.2) is 10.9 Å². The van der Waals surface area contributed by atoms with Gasteiger partial charge in [0.05, 0.1) is 30.1 Å². The Balaban J connectivity index is 1.46. The van der Waals surface area contributed by atoms with Crippen molar-refractivity contribution in [2.75, 3.05) is 12.0 Å². The molecule has 0 spiro atoms. The summed E-state index contributed by atoms with van der Waals surface area (Å²) in [7, 11) is 1.61. The molecule has 0 aliphatic carbocycles. The topological polar surface area (TPSA) is 72.6 Å². The number of furan rings is 1. The highest BCUT2D eigenvalue weighted by Crippen LogP contribution is 2.33. The van der Waals surface area contributed by atoms with E-state index in [2.05, 4.69) is 4.98 Å². The second kappa shape index (κ2) is 9.33. The van der Waals surface area contributed by atoms with Gasteiger partial charge < -0.3 is 9.15 Å². The number of hydrogen-bond donors (Lipinski definition) is 0. The maximum atomic E-state index is 13.6. The molecule has 3 aromatic carbocycles. The number of aromatic nitrogens is 1. The monoisotopic (exact) mass is 468 g/mol. The molecule has 0 unspecified atom stereocenters. The number of amides is 1. The average Bonchev–Trinajstić information content (AvgIpc) is 3.56. The number of thiazole rings is 1. The Hall–Kier alpha value is -4.23. The van der Waals surface area contributed by atoms with E-state index in [4.69, 9.17) is 9.15 Å². The molecule has 0 saturated heterocycles. The van der Waals surface area contributed by atoms with Crippen molar-refractivity contribution >= 4 is 38.4 Å². The molecule has 0 atom stereocenters. The number of ketones is 1. The quantitative estimate of drug-likeness (QED) is 0.275. The number of fused-ring (bicyclic) bond motifs is 1. The van der Waals surface area contributed by atoms with E-state index < -0.39 is 0 Å². The molecule has 0 aliphatic heterocycles. The standard InChI is InChI=1S/C27H20N2O4S/c1-32-21-13-14-23-24(16-21)34-27(28-23)29(17-22-8-5-15-33-22)26(31)20-11-9-19(10-12-20)25(30)18-6-3-2-4-7-18/h2-16H,17H2,1H3. The molecule has 2 heterocycles. The lowest BCUT2D eigenvalue weighted by Gasteiger charge is -2.19. The Bertz CT molecular complexity index is 1440. The molecule has 0 radical (unpaired) electrons. The van der Waals surface area contributed by atoms with Gasteiger partial charge in [0.25, 0.3) is 5.91 Å². The molecule has 0 aliphatic rings. The molecule has 1 amide bonds. The lowest BCUT2D eigenvalue weighted by atomic mass is 10.0. The molecule has 0 saturated carbocycles. The summed E-state index contributed by atoms with van der Waals surface area (Å²) in [6.45, 7) is 0.230. The van der Waals surface area contributed by atoms with Crippen molar-refractivity contribution in [3.63, 3.8) is 0 Å². The number of hydrogen-bond acceptors (Lipinski definition) is 6. The Kier molecular flexibility index (Phi) is 5.93. The molecule has 0 bridgehead atoms. The summed E-state index contributed by atoms with van der Waals surface area (Å²) in [5, 5.41) is 0.550. The predicted octanol–water partition coefficient (Wildman–Crippen LogP) is 5.98. The van der Waals surface area contributed by atoms with Crippen molar-refractivity contribution in [1.29, 1.82) is 0 Å². The molecular weight excluding hydrogens is 448 g/mol. The Labute approximate surface area is 200 Å². The van der Waals surface area contributed by atoms with Crippen LogP contribution in [0.25, 0.3) is 10.2 Å². The van der Waals surface area contributed by atoms with E-state index in [-0.39, 0.29) is 18.2 Å². The van der Waals surface area contributed by atoms with E-state index in [0.717, 1.165) is 16.0 Å². The van der Waals surface area contributed by atoms with Gasteiger partial charge >= 0.3 is 0 Å². The summed E-state index contributed by atoms with van der Waals surface area (Å²) in [4.78, 5) is 32.5. The average molecular weight is 469 g/mol. The number of benzene rings is 3. The number of ether oxygens (including phenoxy) is 1. The van der Waals surface area contributed by atoms with Crippen LogP contribution in [0.5, 0.6) is 5.75 Å².